The lowest BCUT2D eigenvalue weighted by Crippen LogP contribution is -2.29. The Balaban J connectivity index is 3.06. The maximum absolute atomic E-state index is 10.6. The molecule has 0 aliphatic rings. The summed E-state index contributed by atoms with van der Waals surface area (Å²) in [5.41, 5.74) is 0.528. The van der Waals surface area contributed by atoms with Gasteiger partial charge in [0.1, 0.15) is 0 Å². The molecule has 0 radical (unpaired) electrons. The summed E-state index contributed by atoms with van der Waals surface area (Å²) in [5.74, 6) is -1.13. The molecule has 0 unspecified atom stereocenters. The lowest BCUT2D eigenvalue weighted by Gasteiger charge is -2.03. The molecular weight excluding hydrogens is 183 g/mol. The summed E-state index contributed by atoms with van der Waals surface area (Å²) >= 11 is 0. The third-order valence-corrected chi connectivity index (χ3v) is 1.79. The van der Waals surface area contributed by atoms with E-state index in [1.54, 1.807) is 6.07 Å². The van der Waals surface area contributed by atoms with E-state index in [-0.39, 0.29) is 11.0 Å². The highest BCUT2D eigenvalue weighted by Crippen LogP contribution is 2.10. The van der Waals surface area contributed by atoms with Crippen LogP contribution >= 0.6 is 0 Å². The van der Waals surface area contributed by atoms with Crippen LogP contribution in [-0.4, -0.2) is 28.2 Å². The molecule has 1 aromatic carbocycles. The predicted octanol–water partition coefficient (Wildman–Crippen LogP) is -0.536. The van der Waals surface area contributed by atoms with Gasteiger partial charge in [0, 0.05) is 0 Å². The number of aliphatic carboxylic acids is 1. The molecule has 0 amide bonds. The fourth-order valence-electron chi connectivity index (χ4n) is 1.01. The number of carboxylic acids is 1. The minimum Gasteiger partial charge on any atom is -0.478 e. The molecule has 0 fully saturated rings. The Morgan fingerprint density at radius 2 is 2.00 bits per heavy atom. The number of hydrogen-bond acceptors (Lipinski definition) is 3. The van der Waals surface area contributed by atoms with Crippen molar-refractivity contribution in [2.75, 3.05) is 0 Å². The smallest absolute Gasteiger partial charge is 0.478 e. The molecule has 0 saturated carbocycles. The molecule has 1 aromatic rings. The van der Waals surface area contributed by atoms with Crippen molar-refractivity contribution in [2.45, 2.75) is 0 Å². The van der Waals surface area contributed by atoms with Crippen LogP contribution in [0.1, 0.15) is 5.56 Å². The third kappa shape index (κ3) is 2.22. The van der Waals surface area contributed by atoms with Gasteiger partial charge in [-0.3, -0.25) is 0 Å². The van der Waals surface area contributed by atoms with Crippen LogP contribution in [-0.2, 0) is 4.79 Å². The first-order chi connectivity index (χ1) is 6.52. The van der Waals surface area contributed by atoms with Crippen LogP contribution in [0.4, 0.5) is 0 Å². The van der Waals surface area contributed by atoms with E-state index in [9.17, 15) is 4.79 Å². The van der Waals surface area contributed by atoms with Gasteiger partial charge in [-0.15, -0.1) is 0 Å². The zero-order valence-corrected chi connectivity index (χ0v) is 7.34. The summed E-state index contributed by atoms with van der Waals surface area (Å²) < 4.78 is 0. The fraction of sp³-hybridized carbons (Fsp3) is 0. The molecule has 0 heterocycles. The van der Waals surface area contributed by atoms with Crippen molar-refractivity contribution >= 4 is 24.1 Å². The highest BCUT2D eigenvalue weighted by molar-refractivity contribution is 6.58. The van der Waals surface area contributed by atoms with Crippen molar-refractivity contribution in [3.8, 4) is 0 Å². The number of rotatable bonds is 3. The van der Waals surface area contributed by atoms with E-state index in [0.717, 1.165) is 0 Å². The Bertz CT molecular complexity index is 373. The van der Waals surface area contributed by atoms with Gasteiger partial charge in [0.15, 0.2) is 0 Å². The Kier molecular flexibility index (Phi) is 3.06. The molecule has 0 aliphatic heterocycles. The van der Waals surface area contributed by atoms with E-state index in [2.05, 4.69) is 6.58 Å². The van der Waals surface area contributed by atoms with Gasteiger partial charge in [-0.25, -0.2) is 4.79 Å². The van der Waals surface area contributed by atoms with Crippen LogP contribution in [0, 0.1) is 0 Å². The van der Waals surface area contributed by atoms with Gasteiger partial charge < -0.3 is 15.2 Å². The summed E-state index contributed by atoms with van der Waals surface area (Å²) in [6.45, 7) is 3.36. The zero-order valence-electron chi connectivity index (χ0n) is 7.34. The number of carbonyl (C=O) groups is 1. The summed E-state index contributed by atoms with van der Waals surface area (Å²) in [4.78, 5) is 10.6. The van der Waals surface area contributed by atoms with Crippen LogP contribution in [0.15, 0.2) is 30.8 Å². The van der Waals surface area contributed by atoms with E-state index in [0.29, 0.717) is 5.56 Å². The lowest BCUT2D eigenvalue weighted by atomic mass is 9.79. The monoisotopic (exact) mass is 192 g/mol. The molecular formula is C9H9BO4. The maximum Gasteiger partial charge on any atom is 0.488 e. The summed E-state index contributed by atoms with van der Waals surface area (Å²) in [6.07, 6.45) is 0. The Morgan fingerprint density at radius 3 is 2.50 bits per heavy atom. The van der Waals surface area contributed by atoms with Crippen molar-refractivity contribution in [3.63, 3.8) is 0 Å². The Hall–Kier alpha value is -1.59. The highest BCUT2D eigenvalue weighted by Gasteiger charge is 2.13. The second-order valence-corrected chi connectivity index (χ2v) is 2.78. The van der Waals surface area contributed by atoms with Crippen molar-refractivity contribution in [1.29, 1.82) is 0 Å². The normalized spacial score (nSPS) is 9.57. The second kappa shape index (κ2) is 4.08. The van der Waals surface area contributed by atoms with Crippen molar-refractivity contribution in [2.24, 2.45) is 0 Å². The molecule has 14 heavy (non-hydrogen) atoms. The van der Waals surface area contributed by atoms with Gasteiger partial charge in [-0.2, -0.15) is 0 Å². The quantitative estimate of drug-likeness (QED) is 0.444. The van der Waals surface area contributed by atoms with Crippen LogP contribution in [0.5, 0.6) is 0 Å². The molecule has 5 heteroatoms. The SMILES string of the molecule is C=C(C(=O)O)c1cccc(B(O)O)c1. The largest absolute Gasteiger partial charge is 0.488 e. The molecule has 0 aliphatic carbocycles. The van der Waals surface area contributed by atoms with Crippen LogP contribution in [0.2, 0.25) is 0 Å². The first-order valence-corrected chi connectivity index (χ1v) is 3.91. The first-order valence-electron chi connectivity index (χ1n) is 3.91. The summed E-state index contributed by atoms with van der Waals surface area (Å²) in [5, 5.41) is 26.3. The van der Waals surface area contributed by atoms with Crippen LogP contribution in [0.25, 0.3) is 5.57 Å². The van der Waals surface area contributed by atoms with Gasteiger partial charge in [0.2, 0.25) is 0 Å². The Morgan fingerprint density at radius 1 is 1.36 bits per heavy atom. The van der Waals surface area contributed by atoms with Crippen molar-refractivity contribution < 1.29 is 19.9 Å². The molecule has 4 nitrogen and oxygen atoms in total. The third-order valence-electron chi connectivity index (χ3n) is 1.79. The molecule has 0 saturated heterocycles. The van der Waals surface area contributed by atoms with Crippen molar-refractivity contribution in [3.05, 3.63) is 36.4 Å². The molecule has 3 N–H and O–H groups in total. The predicted molar refractivity (Wildman–Crippen MR) is 52.9 cm³/mol. The van der Waals surface area contributed by atoms with Crippen LogP contribution < -0.4 is 5.46 Å². The second-order valence-electron chi connectivity index (χ2n) is 2.78. The highest BCUT2D eigenvalue weighted by atomic mass is 16.4. The van der Waals surface area contributed by atoms with Gasteiger partial charge in [-0.05, 0) is 11.0 Å². The van der Waals surface area contributed by atoms with Gasteiger partial charge in [-0.1, -0.05) is 30.8 Å². The maximum atomic E-state index is 10.6. The van der Waals surface area contributed by atoms with E-state index >= 15 is 0 Å². The number of hydrogen-bond donors (Lipinski definition) is 3. The molecule has 0 aromatic heterocycles. The minimum atomic E-state index is -1.60. The fourth-order valence-corrected chi connectivity index (χ4v) is 1.01. The van der Waals surface area contributed by atoms with E-state index in [1.807, 2.05) is 0 Å². The van der Waals surface area contributed by atoms with Gasteiger partial charge in [0.05, 0.1) is 5.57 Å². The number of carboxylic acid groups (broad SMARTS) is 1. The average Bonchev–Trinajstić information content (AvgIpc) is 2.16. The lowest BCUT2D eigenvalue weighted by molar-refractivity contribution is -0.130. The Labute approximate surface area is 81.3 Å². The first kappa shape index (κ1) is 10.5. The standard InChI is InChI=1S/C9H9BO4/c1-6(9(11)12)7-3-2-4-8(5-7)10(13)14/h2-5,13-14H,1H2,(H,11,12). The van der Waals surface area contributed by atoms with Crippen LogP contribution in [0.3, 0.4) is 0 Å². The van der Waals surface area contributed by atoms with E-state index in [4.69, 9.17) is 15.2 Å². The summed E-state index contributed by atoms with van der Waals surface area (Å²) in [7, 11) is -1.60. The molecule has 0 atom stereocenters. The number of benzene rings is 1. The molecule has 0 bridgehead atoms. The molecule has 72 valence electrons. The van der Waals surface area contributed by atoms with E-state index in [1.165, 1.54) is 18.2 Å². The van der Waals surface area contributed by atoms with Gasteiger partial charge >= 0.3 is 13.1 Å². The molecule has 1 rings (SSSR count). The zero-order chi connectivity index (χ0) is 10.7. The topological polar surface area (TPSA) is 77.8 Å². The summed E-state index contributed by atoms with van der Waals surface area (Å²) in [6, 6.07) is 5.95. The average molecular weight is 192 g/mol. The molecule has 0 spiro atoms. The van der Waals surface area contributed by atoms with E-state index < -0.39 is 13.1 Å². The van der Waals surface area contributed by atoms with Crippen molar-refractivity contribution in [1.82, 2.24) is 0 Å². The van der Waals surface area contributed by atoms with Gasteiger partial charge in [0.25, 0.3) is 0 Å². The minimum absolute atomic E-state index is 0.0764.